The summed E-state index contributed by atoms with van der Waals surface area (Å²) >= 11 is 0. The van der Waals surface area contributed by atoms with Gasteiger partial charge in [0.2, 0.25) is 5.91 Å². The number of carbonyl (C=O) groups is 2. The molecule has 2 aromatic carbocycles. The molecule has 0 aliphatic rings. The highest BCUT2D eigenvalue weighted by Gasteiger charge is 2.12. The third kappa shape index (κ3) is 5.91. The zero-order valence-corrected chi connectivity index (χ0v) is 14.0. The monoisotopic (exact) mass is 344 g/mol. The van der Waals surface area contributed by atoms with E-state index in [0.717, 1.165) is 5.56 Å². The minimum atomic E-state index is -0.318. The van der Waals surface area contributed by atoms with E-state index in [9.17, 15) is 19.1 Å². The summed E-state index contributed by atoms with van der Waals surface area (Å²) in [6, 6.07) is 12.1. The van der Waals surface area contributed by atoms with Gasteiger partial charge < -0.3 is 15.7 Å². The van der Waals surface area contributed by atoms with Crippen LogP contribution in [-0.2, 0) is 4.79 Å². The van der Waals surface area contributed by atoms with Gasteiger partial charge in [-0.2, -0.15) is 0 Å². The second kappa shape index (κ2) is 8.82. The summed E-state index contributed by atoms with van der Waals surface area (Å²) in [5.74, 6) is -0.752. The van der Waals surface area contributed by atoms with Crippen molar-refractivity contribution in [2.45, 2.75) is 19.3 Å². The summed E-state index contributed by atoms with van der Waals surface area (Å²) in [5.41, 5.74) is 1.21. The van der Waals surface area contributed by atoms with E-state index in [1.807, 2.05) is 6.92 Å². The largest absolute Gasteiger partial charge is 0.508 e. The van der Waals surface area contributed by atoms with Gasteiger partial charge in [-0.3, -0.25) is 9.59 Å². The van der Waals surface area contributed by atoms with Crippen LogP contribution < -0.4 is 10.6 Å². The Morgan fingerprint density at radius 3 is 2.44 bits per heavy atom. The van der Waals surface area contributed by atoms with Gasteiger partial charge in [0.25, 0.3) is 5.91 Å². The Kier molecular flexibility index (Phi) is 6.51. The molecular formula is C19H21FN2O3. The average molecular weight is 344 g/mol. The van der Waals surface area contributed by atoms with E-state index >= 15 is 0 Å². The van der Waals surface area contributed by atoms with Crippen LogP contribution in [0.4, 0.5) is 4.39 Å². The molecular weight excluding hydrogens is 323 g/mol. The molecule has 0 aliphatic heterocycles. The zero-order chi connectivity index (χ0) is 18.2. The highest BCUT2D eigenvalue weighted by Crippen LogP contribution is 2.19. The normalized spacial score (nSPS) is 11.6. The van der Waals surface area contributed by atoms with Gasteiger partial charge in [-0.05, 0) is 47.9 Å². The predicted molar refractivity (Wildman–Crippen MR) is 92.9 cm³/mol. The summed E-state index contributed by atoms with van der Waals surface area (Å²) in [6.07, 6.45) is 0.245. The van der Waals surface area contributed by atoms with Crippen molar-refractivity contribution in [3.63, 3.8) is 0 Å². The van der Waals surface area contributed by atoms with Crippen molar-refractivity contribution in [3.05, 3.63) is 65.5 Å². The first kappa shape index (κ1) is 18.4. The summed E-state index contributed by atoms with van der Waals surface area (Å²) in [4.78, 5) is 23.8. The number of carbonyl (C=O) groups excluding carboxylic acids is 2. The van der Waals surface area contributed by atoms with Gasteiger partial charge in [0.15, 0.2) is 0 Å². The highest BCUT2D eigenvalue weighted by molar-refractivity contribution is 5.94. The van der Waals surface area contributed by atoms with E-state index in [4.69, 9.17) is 0 Å². The molecule has 5 nitrogen and oxygen atoms in total. The zero-order valence-electron chi connectivity index (χ0n) is 14.0. The lowest BCUT2D eigenvalue weighted by Crippen LogP contribution is -2.35. The van der Waals surface area contributed by atoms with Crippen molar-refractivity contribution in [1.29, 1.82) is 0 Å². The Labute approximate surface area is 145 Å². The molecule has 0 unspecified atom stereocenters. The average Bonchev–Trinajstić information content (AvgIpc) is 2.59. The molecule has 0 bridgehead atoms. The van der Waals surface area contributed by atoms with Crippen molar-refractivity contribution in [2.24, 2.45) is 0 Å². The second-order valence-electron chi connectivity index (χ2n) is 5.81. The third-order valence-corrected chi connectivity index (χ3v) is 3.77. The van der Waals surface area contributed by atoms with Crippen LogP contribution in [0.25, 0.3) is 0 Å². The Balaban J connectivity index is 1.70. The Hall–Kier alpha value is -2.89. The number of nitrogens with one attached hydrogen (secondary N) is 2. The first-order valence-corrected chi connectivity index (χ1v) is 8.05. The fourth-order valence-corrected chi connectivity index (χ4v) is 2.37. The van der Waals surface area contributed by atoms with Crippen LogP contribution in [0.2, 0.25) is 0 Å². The van der Waals surface area contributed by atoms with Crippen LogP contribution in [-0.4, -0.2) is 30.0 Å². The Morgan fingerprint density at radius 2 is 1.76 bits per heavy atom. The quantitative estimate of drug-likeness (QED) is 0.676. The van der Waals surface area contributed by atoms with Crippen molar-refractivity contribution in [2.75, 3.05) is 13.1 Å². The summed E-state index contributed by atoms with van der Waals surface area (Å²) < 4.78 is 13.2. The molecule has 3 N–H and O–H groups in total. The Bertz CT molecular complexity index is 732. The van der Waals surface area contributed by atoms with E-state index in [1.54, 1.807) is 12.1 Å². The first-order chi connectivity index (χ1) is 12.0. The van der Waals surface area contributed by atoms with Gasteiger partial charge in [-0.15, -0.1) is 0 Å². The molecule has 0 saturated heterocycles. The fourth-order valence-electron chi connectivity index (χ4n) is 2.37. The minimum Gasteiger partial charge on any atom is -0.508 e. The number of amides is 2. The number of benzene rings is 2. The molecule has 1 atom stereocenters. The van der Waals surface area contributed by atoms with E-state index in [-0.39, 0.29) is 35.7 Å². The molecule has 132 valence electrons. The summed E-state index contributed by atoms with van der Waals surface area (Å²) in [5, 5.41) is 14.6. The number of hydrogen-bond acceptors (Lipinski definition) is 3. The summed E-state index contributed by atoms with van der Waals surface area (Å²) in [7, 11) is 0. The number of phenolic OH excluding ortho intramolecular Hbond substituents is 1. The molecule has 6 heteroatoms. The van der Waals surface area contributed by atoms with Crippen LogP contribution in [0.3, 0.4) is 0 Å². The fraction of sp³-hybridized carbons (Fsp3) is 0.263. The summed E-state index contributed by atoms with van der Waals surface area (Å²) in [6.45, 7) is 2.46. The lowest BCUT2D eigenvalue weighted by molar-refractivity contribution is -0.121. The molecule has 0 saturated carbocycles. The topological polar surface area (TPSA) is 78.4 Å². The van der Waals surface area contributed by atoms with Crippen LogP contribution in [0.5, 0.6) is 5.75 Å². The van der Waals surface area contributed by atoms with Crippen LogP contribution in [0, 0.1) is 5.82 Å². The maximum atomic E-state index is 13.2. The van der Waals surface area contributed by atoms with Crippen molar-refractivity contribution in [3.8, 4) is 5.75 Å². The predicted octanol–water partition coefficient (Wildman–Crippen LogP) is 2.57. The number of rotatable bonds is 7. The van der Waals surface area contributed by atoms with Gasteiger partial charge in [0.1, 0.15) is 11.6 Å². The third-order valence-electron chi connectivity index (χ3n) is 3.77. The van der Waals surface area contributed by atoms with Crippen LogP contribution in [0.1, 0.15) is 35.2 Å². The molecule has 2 amide bonds. The molecule has 0 spiro atoms. The Morgan fingerprint density at radius 1 is 1.08 bits per heavy atom. The van der Waals surface area contributed by atoms with Crippen LogP contribution >= 0.6 is 0 Å². The number of aromatic hydroxyl groups is 1. The minimum absolute atomic E-state index is 0.0937. The van der Waals surface area contributed by atoms with E-state index < -0.39 is 0 Å². The van der Waals surface area contributed by atoms with Gasteiger partial charge in [0, 0.05) is 25.1 Å². The van der Waals surface area contributed by atoms with Crippen molar-refractivity contribution in [1.82, 2.24) is 10.6 Å². The van der Waals surface area contributed by atoms with Crippen LogP contribution in [0.15, 0.2) is 48.5 Å². The van der Waals surface area contributed by atoms with Crippen molar-refractivity contribution >= 4 is 11.8 Å². The maximum absolute atomic E-state index is 13.2. The lowest BCUT2D eigenvalue weighted by Gasteiger charge is -2.12. The van der Waals surface area contributed by atoms with Gasteiger partial charge in [0.05, 0.1) is 0 Å². The molecule has 0 radical (unpaired) electrons. The number of hydrogen-bond donors (Lipinski definition) is 3. The smallest absolute Gasteiger partial charge is 0.251 e. The van der Waals surface area contributed by atoms with Gasteiger partial charge >= 0.3 is 0 Å². The molecule has 0 aliphatic carbocycles. The van der Waals surface area contributed by atoms with E-state index in [1.165, 1.54) is 36.4 Å². The first-order valence-electron chi connectivity index (χ1n) is 8.05. The van der Waals surface area contributed by atoms with Gasteiger partial charge in [-0.25, -0.2) is 4.39 Å². The SMILES string of the molecule is C[C@@H](CC(=O)NCCNC(=O)c1ccc(O)cc1)c1cccc(F)c1. The van der Waals surface area contributed by atoms with E-state index in [2.05, 4.69) is 10.6 Å². The number of halogens is 1. The number of phenols is 1. The lowest BCUT2D eigenvalue weighted by atomic mass is 9.97. The molecule has 0 aromatic heterocycles. The standard InChI is InChI=1S/C19H21FN2O3/c1-13(15-3-2-4-16(20)12-15)11-18(24)21-9-10-22-19(25)14-5-7-17(23)8-6-14/h2-8,12-13,23H,9-11H2,1H3,(H,21,24)(H,22,25)/t13-/m0/s1. The molecule has 2 rings (SSSR count). The second-order valence-corrected chi connectivity index (χ2v) is 5.81. The highest BCUT2D eigenvalue weighted by atomic mass is 19.1. The molecule has 2 aromatic rings. The van der Waals surface area contributed by atoms with Gasteiger partial charge in [-0.1, -0.05) is 19.1 Å². The van der Waals surface area contributed by atoms with Crippen molar-refractivity contribution < 1.29 is 19.1 Å². The van der Waals surface area contributed by atoms with E-state index in [0.29, 0.717) is 18.7 Å². The molecule has 25 heavy (non-hydrogen) atoms. The maximum Gasteiger partial charge on any atom is 0.251 e. The molecule has 0 fully saturated rings. The molecule has 0 heterocycles.